The molecule has 0 saturated heterocycles. The van der Waals surface area contributed by atoms with E-state index >= 15 is 0 Å². The second-order valence-corrected chi connectivity index (χ2v) is 13.1. The fourth-order valence-electron chi connectivity index (χ4n) is 6.06. The van der Waals surface area contributed by atoms with E-state index in [-0.39, 0.29) is 36.6 Å². The van der Waals surface area contributed by atoms with Gasteiger partial charge in [-0.3, -0.25) is 20.5 Å². The number of hydrogen-bond acceptors (Lipinski definition) is 6. The second kappa shape index (κ2) is 11.1. The predicted octanol–water partition coefficient (Wildman–Crippen LogP) is 6.98. The third-order valence-corrected chi connectivity index (χ3v) is 9.78. The fourth-order valence-corrected chi connectivity index (χ4v) is 6.72. The van der Waals surface area contributed by atoms with Crippen molar-refractivity contribution in [2.75, 3.05) is 17.7 Å². The Morgan fingerprint density at radius 3 is 2.49 bits per heavy atom. The maximum atomic E-state index is 14.3. The van der Waals surface area contributed by atoms with Crippen LogP contribution < -0.4 is 10.2 Å². The van der Waals surface area contributed by atoms with E-state index in [0.717, 1.165) is 56.2 Å². The molecule has 1 aromatic carbocycles. The molecule has 1 amide bonds. The zero-order valence-electron chi connectivity index (χ0n) is 23.7. The summed E-state index contributed by atoms with van der Waals surface area (Å²) < 4.78 is 42.8. The Balaban J connectivity index is 0.00000405. The number of pyridine rings is 1. The first-order chi connectivity index (χ1) is 19.4. The number of halogens is 3. The highest BCUT2D eigenvalue weighted by Crippen LogP contribution is 2.49. The molecule has 222 valence electrons. The topological polar surface area (TPSA) is 96.2 Å². The smallest absolute Gasteiger partial charge is 0.325 e. The monoisotopic (exact) mass is 588 g/mol. The molecular weight excluding hydrogens is 549 g/mol. The lowest BCUT2D eigenvalue weighted by atomic mass is 9.62. The average Bonchev–Trinajstić information content (AvgIpc) is 3.22. The van der Waals surface area contributed by atoms with E-state index < -0.39 is 17.6 Å². The Bertz CT molecular complexity index is 1380. The molecule has 0 atom stereocenters. The van der Waals surface area contributed by atoms with Crippen molar-refractivity contribution in [2.24, 2.45) is 0 Å². The summed E-state index contributed by atoms with van der Waals surface area (Å²) >= 11 is 1.52. The molecule has 2 fully saturated rings. The Labute approximate surface area is 244 Å². The summed E-state index contributed by atoms with van der Waals surface area (Å²) in [5.74, 6) is 0.932. The van der Waals surface area contributed by atoms with Gasteiger partial charge in [-0.15, -0.1) is 11.8 Å². The molecule has 2 saturated carbocycles. The number of anilines is 1. The normalized spacial score (nSPS) is 18.9. The molecule has 2 aliphatic carbocycles. The number of thioether (sulfide) groups is 1. The molecular formula is C30H39F3N6OS. The number of hydrogen-bond donors (Lipinski definition) is 3. The summed E-state index contributed by atoms with van der Waals surface area (Å²) in [6, 6.07) is 6.61. The minimum Gasteiger partial charge on any atom is -0.325 e. The predicted molar refractivity (Wildman–Crippen MR) is 158 cm³/mol. The van der Waals surface area contributed by atoms with E-state index in [9.17, 15) is 18.0 Å². The van der Waals surface area contributed by atoms with Crippen molar-refractivity contribution in [3.63, 3.8) is 0 Å². The van der Waals surface area contributed by atoms with E-state index in [1.807, 2.05) is 19.1 Å². The molecule has 1 aromatic heterocycles. The van der Waals surface area contributed by atoms with Gasteiger partial charge in [-0.05, 0) is 85.7 Å². The molecule has 41 heavy (non-hydrogen) atoms. The van der Waals surface area contributed by atoms with E-state index in [2.05, 4.69) is 12.2 Å². The van der Waals surface area contributed by atoms with E-state index in [1.165, 1.54) is 27.6 Å². The molecule has 3 aliphatic rings. The number of alkyl halides is 3. The van der Waals surface area contributed by atoms with Gasteiger partial charge in [0.2, 0.25) is 0 Å². The number of aromatic nitrogens is 1. The number of nitrogens with zero attached hydrogens (tertiary/aromatic N) is 3. The number of rotatable bonds is 10. The first kappa shape index (κ1) is 29.6. The Hall–Kier alpha value is -2.92. The van der Waals surface area contributed by atoms with Gasteiger partial charge in [-0.1, -0.05) is 13.3 Å². The van der Waals surface area contributed by atoms with Crippen LogP contribution in [0.2, 0.25) is 0 Å². The Kier molecular flexibility index (Phi) is 7.97. The minimum absolute atomic E-state index is 0. The lowest BCUT2D eigenvalue weighted by molar-refractivity contribution is -0.138. The molecule has 5 rings (SSSR count). The van der Waals surface area contributed by atoms with Gasteiger partial charge in [0.05, 0.1) is 23.5 Å². The number of amidine groups is 1. The molecule has 3 N–H and O–H groups in total. The number of carbonyl (C=O) groups excluding carboxylic acids is 1. The number of benzene rings is 1. The summed E-state index contributed by atoms with van der Waals surface area (Å²) in [4.78, 5) is 21.3. The SMILES string of the molecule is CCSc1cc(C2(CC(=N)N(C)C=N)CCC2)cc(N2Cc3c(cc(CNC4(C)CCC4)cc3C(F)(F)F)C2=O)n1.[HH]. The summed E-state index contributed by atoms with van der Waals surface area (Å²) in [6.07, 6.45) is 2.71. The second-order valence-electron chi connectivity index (χ2n) is 11.8. The maximum absolute atomic E-state index is 14.3. The zero-order chi connectivity index (χ0) is 29.6. The van der Waals surface area contributed by atoms with E-state index in [4.69, 9.17) is 15.8 Å². The molecule has 2 heterocycles. The summed E-state index contributed by atoms with van der Waals surface area (Å²) in [7, 11) is 1.67. The van der Waals surface area contributed by atoms with Crippen molar-refractivity contribution in [2.45, 2.75) is 94.0 Å². The number of carbonyl (C=O) groups is 1. The quantitative estimate of drug-likeness (QED) is 0.158. The standard InChI is InChI=1S/C30H37F3N6OS.H2/c1-4-41-26-14-20(29(9-6-10-29)15-24(35)38(3)18-34)13-25(37-26)39-17-22-21(27(39)40)11-19(12-23(22)30(31,32)33)16-36-28(2)7-5-8-28;/h11-14,18,34-36H,4-10,15-17H2,1-3H3;1H. The molecule has 0 spiro atoms. The lowest BCUT2D eigenvalue weighted by Gasteiger charge is -2.43. The minimum atomic E-state index is -4.59. The highest BCUT2D eigenvalue weighted by molar-refractivity contribution is 7.99. The van der Waals surface area contributed by atoms with Crippen molar-refractivity contribution < 1.29 is 19.4 Å². The van der Waals surface area contributed by atoms with Crippen molar-refractivity contribution in [1.82, 2.24) is 15.2 Å². The van der Waals surface area contributed by atoms with Crippen LogP contribution in [0, 0.1) is 10.8 Å². The highest BCUT2D eigenvalue weighted by atomic mass is 32.2. The van der Waals surface area contributed by atoms with Crippen LogP contribution in [-0.2, 0) is 24.7 Å². The van der Waals surface area contributed by atoms with Crippen molar-refractivity contribution in [3.05, 3.63) is 52.1 Å². The van der Waals surface area contributed by atoms with Gasteiger partial charge in [-0.25, -0.2) is 4.98 Å². The third kappa shape index (κ3) is 5.75. The van der Waals surface area contributed by atoms with Gasteiger partial charge in [0, 0.05) is 38.0 Å². The van der Waals surface area contributed by atoms with Crippen LogP contribution in [0.5, 0.6) is 0 Å². The van der Waals surface area contributed by atoms with Crippen molar-refractivity contribution in [1.29, 1.82) is 10.8 Å². The summed E-state index contributed by atoms with van der Waals surface area (Å²) in [5, 5.41) is 20.1. The van der Waals surface area contributed by atoms with E-state index in [0.29, 0.717) is 28.7 Å². The number of fused-ring (bicyclic) bond motifs is 1. The Morgan fingerprint density at radius 2 is 1.93 bits per heavy atom. The molecule has 0 radical (unpaired) electrons. The van der Waals surface area contributed by atoms with Crippen molar-refractivity contribution >= 4 is 35.7 Å². The molecule has 11 heteroatoms. The first-order valence-electron chi connectivity index (χ1n) is 14.1. The van der Waals surface area contributed by atoms with E-state index in [1.54, 1.807) is 13.1 Å². The summed E-state index contributed by atoms with van der Waals surface area (Å²) in [6.45, 7) is 4.15. The van der Waals surface area contributed by atoms with Gasteiger partial charge in [0.25, 0.3) is 5.91 Å². The van der Waals surface area contributed by atoms with Gasteiger partial charge in [-0.2, -0.15) is 13.2 Å². The fraction of sp³-hybridized carbons (Fsp3) is 0.533. The molecule has 1 aliphatic heterocycles. The van der Waals surface area contributed by atoms with Crippen LogP contribution in [0.15, 0.2) is 29.3 Å². The van der Waals surface area contributed by atoms with Gasteiger partial charge in [0.15, 0.2) is 0 Å². The molecule has 0 bridgehead atoms. The van der Waals surface area contributed by atoms with Crippen LogP contribution in [0.3, 0.4) is 0 Å². The molecule has 2 aromatic rings. The maximum Gasteiger partial charge on any atom is 0.416 e. The zero-order valence-corrected chi connectivity index (χ0v) is 24.6. The number of nitrogens with one attached hydrogen (secondary N) is 3. The average molecular weight is 589 g/mol. The van der Waals surface area contributed by atoms with Crippen LogP contribution in [0.25, 0.3) is 0 Å². The molecule has 0 unspecified atom stereocenters. The first-order valence-corrected chi connectivity index (χ1v) is 15.1. The van der Waals surface area contributed by atoms with Crippen LogP contribution >= 0.6 is 11.8 Å². The Morgan fingerprint density at radius 1 is 1.22 bits per heavy atom. The molecule has 7 nitrogen and oxygen atoms in total. The van der Waals surface area contributed by atoms with Gasteiger partial charge < -0.3 is 10.2 Å². The third-order valence-electron chi connectivity index (χ3n) is 8.99. The largest absolute Gasteiger partial charge is 0.416 e. The van der Waals surface area contributed by atoms with Crippen LogP contribution in [0.4, 0.5) is 19.0 Å². The van der Waals surface area contributed by atoms with Crippen LogP contribution in [0.1, 0.15) is 92.8 Å². The van der Waals surface area contributed by atoms with Gasteiger partial charge >= 0.3 is 6.18 Å². The van der Waals surface area contributed by atoms with Gasteiger partial charge in [0.1, 0.15) is 11.7 Å². The lowest BCUT2D eigenvalue weighted by Crippen LogP contribution is -2.47. The van der Waals surface area contributed by atoms with Crippen LogP contribution in [-0.4, -0.2) is 46.3 Å². The number of amides is 1. The summed E-state index contributed by atoms with van der Waals surface area (Å²) in [5.41, 5.74) is 0.284. The highest BCUT2D eigenvalue weighted by Gasteiger charge is 2.43. The van der Waals surface area contributed by atoms with Crippen molar-refractivity contribution in [3.8, 4) is 0 Å².